The van der Waals surface area contributed by atoms with Gasteiger partial charge in [-0.1, -0.05) is 59.7 Å². The first kappa shape index (κ1) is 35.1. The summed E-state index contributed by atoms with van der Waals surface area (Å²) in [7, 11) is 11.6. The summed E-state index contributed by atoms with van der Waals surface area (Å²) in [5.74, 6) is 0. The molecule has 2 atom stereocenters. The van der Waals surface area contributed by atoms with E-state index in [1.807, 2.05) is 52.1 Å². The van der Waals surface area contributed by atoms with Crippen molar-refractivity contribution in [2.75, 3.05) is 69.1 Å². The first-order chi connectivity index (χ1) is 17.5. The number of hydrogen-bond acceptors (Lipinski definition) is 8. The van der Waals surface area contributed by atoms with Gasteiger partial charge in [-0.25, -0.2) is 0 Å². The Bertz CT molecular complexity index is 746. The molecule has 0 aliphatic heterocycles. The van der Waals surface area contributed by atoms with E-state index in [0.29, 0.717) is 6.17 Å². The Morgan fingerprint density at radius 1 is 0.730 bits per heavy atom. The first-order valence-electron chi connectivity index (χ1n) is 12.9. The van der Waals surface area contributed by atoms with E-state index in [2.05, 4.69) is 96.7 Å². The van der Waals surface area contributed by atoms with Crippen molar-refractivity contribution in [3.63, 3.8) is 0 Å². The predicted molar refractivity (Wildman–Crippen MR) is 157 cm³/mol. The van der Waals surface area contributed by atoms with Crippen LogP contribution in [0, 0.1) is 13.8 Å². The van der Waals surface area contributed by atoms with Crippen LogP contribution in [0.15, 0.2) is 48.5 Å². The zero-order valence-corrected chi connectivity index (χ0v) is 25.0. The lowest BCUT2D eigenvalue weighted by Gasteiger charge is -2.35. The molecule has 0 bridgehead atoms. The van der Waals surface area contributed by atoms with Gasteiger partial charge in [0.15, 0.2) is 0 Å². The van der Waals surface area contributed by atoms with E-state index in [0.717, 1.165) is 19.8 Å². The van der Waals surface area contributed by atoms with Crippen LogP contribution in [-0.4, -0.2) is 111 Å². The molecule has 212 valence electrons. The van der Waals surface area contributed by atoms with Crippen LogP contribution >= 0.6 is 0 Å². The fraction of sp³-hybridized carbons (Fsp3) is 0.586. The van der Waals surface area contributed by atoms with Crippen LogP contribution in [0.1, 0.15) is 36.1 Å². The summed E-state index contributed by atoms with van der Waals surface area (Å²) in [5.41, 5.74) is 5.40. The number of aliphatic hydroxyl groups excluding tert-OH is 2. The smallest absolute Gasteiger partial charge is 0.0966 e. The van der Waals surface area contributed by atoms with Gasteiger partial charge in [-0.05, 0) is 87.5 Å². The lowest BCUT2D eigenvalue weighted by Crippen LogP contribution is -2.50. The Kier molecular flexibility index (Phi) is 19.1. The summed E-state index contributed by atoms with van der Waals surface area (Å²) < 4.78 is 0. The predicted octanol–water partition coefficient (Wildman–Crippen LogP) is 2.54. The fourth-order valence-electron chi connectivity index (χ4n) is 3.38. The molecule has 0 aliphatic rings. The van der Waals surface area contributed by atoms with Crippen molar-refractivity contribution in [2.45, 2.75) is 46.4 Å². The average molecular weight is 519 g/mol. The van der Waals surface area contributed by atoms with Crippen LogP contribution in [0.2, 0.25) is 0 Å². The first-order valence-corrected chi connectivity index (χ1v) is 12.9. The van der Waals surface area contributed by atoms with Gasteiger partial charge >= 0.3 is 0 Å². The lowest BCUT2D eigenvalue weighted by atomic mass is 10.0. The Morgan fingerprint density at radius 2 is 1.19 bits per heavy atom. The molecular formula is C29H54N6O2. The van der Waals surface area contributed by atoms with Gasteiger partial charge in [0.1, 0.15) is 0 Å². The molecule has 2 aromatic rings. The van der Waals surface area contributed by atoms with Crippen molar-refractivity contribution >= 4 is 0 Å². The molecule has 0 radical (unpaired) electrons. The van der Waals surface area contributed by atoms with Gasteiger partial charge in [-0.2, -0.15) is 0 Å². The quantitative estimate of drug-likeness (QED) is 0.320. The summed E-state index contributed by atoms with van der Waals surface area (Å²) >= 11 is 0. The Balaban J connectivity index is 0.000000540. The van der Waals surface area contributed by atoms with Crippen molar-refractivity contribution in [1.29, 1.82) is 0 Å². The second-order valence-electron chi connectivity index (χ2n) is 9.82. The normalized spacial score (nSPS) is 12.8. The van der Waals surface area contributed by atoms with Crippen LogP contribution in [0.25, 0.3) is 0 Å². The van der Waals surface area contributed by atoms with E-state index in [-0.39, 0.29) is 19.6 Å². The Labute approximate surface area is 226 Å². The molecule has 8 heteroatoms. The van der Waals surface area contributed by atoms with Gasteiger partial charge in [0.05, 0.1) is 32.5 Å². The highest BCUT2D eigenvalue weighted by molar-refractivity contribution is 5.29. The standard InChI is InChI=1S/C15H16.C8H21N3O.C6H17N3O/c1-12-3-7-14(8-4-12)11-15-9-5-13(2)6-10-15;1-7(9-3)11(5)8(2)10(4)6-12;1-7-4-8(2)5-9(3)6-10/h3-10H,11H2,1-2H3;7-9,12H,6H2,1-5H3;7,10H,4-6H2,1-3H3. The van der Waals surface area contributed by atoms with Crippen molar-refractivity contribution in [3.8, 4) is 0 Å². The molecule has 0 saturated carbocycles. The molecular weight excluding hydrogens is 464 g/mol. The highest BCUT2D eigenvalue weighted by Gasteiger charge is 2.17. The molecule has 0 aromatic heterocycles. The third kappa shape index (κ3) is 15.9. The molecule has 0 spiro atoms. The molecule has 0 aliphatic carbocycles. The van der Waals surface area contributed by atoms with E-state index in [1.165, 1.54) is 22.3 Å². The molecule has 0 fully saturated rings. The molecule has 4 N–H and O–H groups in total. The van der Waals surface area contributed by atoms with Crippen molar-refractivity contribution in [2.24, 2.45) is 0 Å². The van der Waals surface area contributed by atoms with Crippen LogP contribution in [0.5, 0.6) is 0 Å². The average Bonchev–Trinajstić information content (AvgIpc) is 2.90. The molecule has 8 nitrogen and oxygen atoms in total. The van der Waals surface area contributed by atoms with Crippen LogP contribution in [0.3, 0.4) is 0 Å². The van der Waals surface area contributed by atoms with Gasteiger partial charge in [-0.3, -0.25) is 19.6 Å². The summed E-state index contributed by atoms with van der Waals surface area (Å²) in [6, 6.07) is 17.5. The van der Waals surface area contributed by atoms with E-state index in [4.69, 9.17) is 10.2 Å². The molecule has 37 heavy (non-hydrogen) atoms. The molecule has 2 unspecified atom stereocenters. The number of benzene rings is 2. The summed E-state index contributed by atoms with van der Waals surface area (Å²) in [5, 5.41) is 23.7. The maximum absolute atomic E-state index is 8.89. The molecule has 2 aromatic carbocycles. The zero-order chi connectivity index (χ0) is 28.4. The number of nitrogens with one attached hydrogen (secondary N) is 2. The summed E-state index contributed by atoms with van der Waals surface area (Å²) in [4.78, 5) is 7.90. The van der Waals surface area contributed by atoms with Gasteiger partial charge < -0.3 is 20.8 Å². The minimum absolute atomic E-state index is 0.0853. The number of aliphatic hydroxyl groups is 2. The lowest BCUT2D eigenvalue weighted by molar-refractivity contribution is 0.00533. The third-order valence-corrected chi connectivity index (χ3v) is 6.28. The number of hydrogen-bond donors (Lipinski definition) is 4. The van der Waals surface area contributed by atoms with E-state index in [9.17, 15) is 0 Å². The van der Waals surface area contributed by atoms with Crippen molar-refractivity contribution in [1.82, 2.24) is 30.2 Å². The summed E-state index contributed by atoms with van der Waals surface area (Å²) in [6.45, 7) is 10.2. The topological polar surface area (TPSA) is 77.5 Å². The van der Waals surface area contributed by atoms with Crippen molar-refractivity contribution in [3.05, 3.63) is 70.8 Å². The highest BCUT2D eigenvalue weighted by atomic mass is 16.3. The van der Waals surface area contributed by atoms with Crippen LogP contribution < -0.4 is 10.6 Å². The molecule has 2 rings (SSSR count). The largest absolute Gasteiger partial charge is 0.381 e. The highest BCUT2D eigenvalue weighted by Crippen LogP contribution is 2.11. The zero-order valence-electron chi connectivity index (χ0n) is 25.0. The van der Waals surface area contributed by atoms with Crippen LogP contribution in [0.4, 0.5) is 0 Å². The second-order valence-corrected chi connectivity index (χ2v) is 9.82. The van der Waals surface area contributed by atoms with Crippen LogP contribution in [-0.2, 0) is 6.42 Å². The van der Waals surface area contributed by atoms with E-state index < -0.39 is 0 Å². The minimum atomic E-state index is 0.0853. The number of rotatable bonds is 12. The maximum Gasteiger partial charge on any atom is 0.0966 e. The van der Waals surface area contributed by atoms with E-state index in [1.54, 1.807) is 0 Å². The van der Waals surface area contributed by atoms with Gasteiger partial charge in [0, 0.05) is 6.67 Å². The SMILES string of the molecule is CNC(C)N(C)C(C)N(C)CO.CNCN(C)CN(C)CO.Cc1ccc(Cc2ccc(C)cc2)cc1. The maximum atomic E-state index is 8.89. The number of aryl methyl sites for hydroxylation is 2. The van der Waals surface area contributed by atoms with Gasteiger partial charge in [-0.15, -0.1) is 0 Å². The second kappa shape index (κ2) is 20.1. The fourth-order valence-corrected chi connectivity index (χ4v) is 3.38. The van der Waals surface area contributed by atoms with Gasteiger partial charge in [0.2, 0.25) is 0 Å². The number of nitrogens with zero attached hydrogens (tertiary/aromatic N) is 4. The Hall–Kier alpha value is -1.88. The Morgan fingerprint density at radius 3 is 1.54 bits per heavy atom. The monoisotopic (exact) mass is 518 g/mol. The minimum Gasteiger partial charge on any atom is -0.381 e. The third-order valence-electron chi connectivity index (χ3n) is 6.28. The van der Waals surface area contributed by atoms with Crippen molar-refractivity contribution < 1.29 is 10.2 Å². The van der Waals surface area contributed by atoms with E-state index >= 15 is 0 Å². The van der Waals surface area contributed by atoms with Gasteiger partial charge in [0.25, 0.3) is 0 Å². The molecule has 0 heterocycles. The molecule has 0 amide bonds. The summed E-state index contributed by atoms with van der Waals surface area (Å²) in [6.07, 6.45) is 1.58. The molecule has 0 saturated heterocycles.